The number of hydrogen-bond acceptors (Lipinski definition) is 3. The van der Waals surface area contributed by atoms with Gasteiger partial charge in [0.2, 0.25) is 0 Å². The lowest BCUT2D eigenvalue weighted by Gasteiger charge is -2.10. The zero-order valence-electron chi connectivity index (χ0n) is 11.2. The van der Waals surface area contributed by atoms with Gasteiger partial charge in [-0.2, -0.15) is 0 Å². The number of carboxylic acid groups (broad SMARTS) is 1. The molecule has 0 saturated heterocycles. The average molecular weight is 333 g/mol. The number of benzene rings is 2. The Labute approximate surface area is 136 Å². The highest BCUT2D eigenvalue weighted by Gasteiger charge is 2.15. The molecule has 4 nitrogen and oxygen atoms in total. The molecular formula is C16H10Cl2N2O2. The Morgan fingerprint density at radius 3 is 2.64 bits per heavy atom. The second kappa shape index (κ2) is 5.48. The summed E-state index contributed by atoms with van der Waals surface area (Å²) in [4.78, 5) is 16.0. The molecule has 0 radical (unpaired) electrons. The van der Waals surface area contributed by atoms with Gasteiger partial charge >= 0.3 is 5.97 Å². The molecule has 22 heavy (non-hydrogen) atoms. The second-order valence-electron chi connectivity index (χ2n) is 4.72. The standard InChI is InChI=1S/C16H10Cl2N2O2/c17-8-4-5-9-11(16(21)22)7-14(20-13(9)6-8)10-2-1-3-12(18)15(10)19/h1-7H,19H2,(H,21,22). The maximum absolute atomic E-state index is 11.5. The smallest absolute Gasteiger partial charge is 0.336 e. The molecule has 0 atom stereocenters. The quantitative estimate of drug-likeness (QED) is 0.678. The van der Waals surface area contributed by atoms with Crippen molar-refractivity contribution >= 4 is 45.8 Å². The summed E-state index contributed by atoms with van der Waals surface area (Å²) in [6.07, 6.45) is 0. The van der Waals surface area contributed by atoms with Crippen LogP contribution in [0.4, 0.5) is 5.69 Å². The van der Waals surface area contributed by atoms with Gasteiger partial charge in [-0.05, 0) is 24.3 Å². The van der Waals surface area contributed by atoms with Gasteiger partial charge in [-0.3, -0.25) is 0 Å². The summed E-state index contributed by atoms with van der Waals surface area (Å²) in [5.74, 6) is -1.04. The van der Waals surface area contributed by atoms with E-state index in [1.54, 1.807) is 36.4 Å². The largest absolute Gasteiger partial charge is 0.478 e. The molecule has 0 aliphatic heterocycles. The van der Waals surface area contributed by atoms with E-state index >= 15 is 0 Å². The minimum atomic E-state index is -1.04. The number of fused-ring (bicyclic) bond motifs is 1. The summed E-state index contributed by atoms with van der Waals surface area (Å²) in [6, 6.07) is 11.5. The Kier molecular flexibility index (Phi) is 3.64. The lowest BCUT2D eigenvalue weighted by atomic mass is 10.0. The molecular weight excluding hydrogens is 323 g/mol. The summed E-state index contributed by atoms with van der Waals surface area (Å²) in [7, 11) is 0. The molecule has 3 N–H and O–H groups in total. The van der Waals surface area contributed by atoms with Crippen molar-refractivity contribution < 1.29 is 9.90 Å². The van der Waals surface area contributed by atoms with Gasteiger partial charge < -0.3 is 10.8 Å². The third-order valence-corrected chi connectivity index (χ3v) is 3.90. The summed E-state index contributed by atoms with van der Waals surface area (Å²) in [5.41, 5.74) is 7.97. The number of aromatic nitrogens is 1. The molecule has 1 aromatic heterocycles. The minimum absolute atomic E-state index is 0.135. The minimum Gasteiger partial charge on any atom is -0.478 e. The van der Waals surface area contributed by atoms with Crippen molar-refractivity contribution in [3.8, 4) is 11.3 Å². The first-order valence-corrected chi connectivity index (χ1v) is 7.11. The number of carboxylic acids is 1. The molecule has 0 unspecified atom stereocenters. The highest BCUT2D eigenvalue weighted by atomic mass is 35.5. The Hall–Kier alpha value is -2.30. The lowest BCUT2D eigenvalue weighted by Crippen LogP contribution is -2.01. The van der Waals surface area contributed by atoms with E-state index in [4.69, 9.17) is 28.9 Å². The molecule has 2 aromatic carbocycles. The van der Waals surface area contributed by atoms with Gasteiger partial charge in [0.15, 0.2) is 0 Å². The third-order valence-electron chi connectivity index (χ3n) is 3.33. The SMILES string of the molecule is Nc1c(Cl)cccc1-c1cc(C(=O)O)c2ccc(Cl)cc2n1. The number of rotatable bonds is 2. The fourth-order valence-corrected chi connectivity index (χ4v) is 2.62. The molecule has 0 fully saturated rings. The van der Waals surface area contributed by atoms with Gasteiger partial charge in [-0.1, -0.05) is 41.4 Å². The van der Waals surface area contributed by atoms with Crippen molar-refractivity contribution in [1.82, 2.24) is 4.98 Å². The Balaban J connectivity index is 2.35. The van der Waals surface area contributed by atoms with Gasteiger partial charge in [0.1, 0.15) is 0 Å². The number of hydrogen-bond donors (Lipinski definition) is 2. The number of nitrogens with two attached hydrogens (primary N) is 1. The van der Waals surface area contributed by atoms with E-state index in [0.717, 1.165) is 0 Å². The van der Waals surface area contributed by atoms with E-state index in [9.17, 15) is 9.90 Å². The number of nitrogens with zero attached hydrogens (tertiary/aromatic N) is 1. The van der Waals surface area contributed by atoms with Gasteiger partial charge in [0.05, 0.1) is 27.5 Å². The van der Waals surface area contributed by atoms with Gasteiger partial charge in [-0.25, -0.2) is 9.78 Å². The first-order chi connectivity index (χ1) is 10.5. The van der Waals surface area contributed by atoms with Crippen molar-refractivity contribution in [1.29, 1.82) is 0 Å². The molecule has 3 rings (SSSR count). The van der Waals surface area contributed by atoms with Crippen molar-refractivity contribution in [3.05, 3.63) is 58.1 Å². The molecule has 110 valence electrons. The molecule has 0 aliphatic rings. The topological polar surface area (TPSA) is 76.2 Å². The van der Waals surface area contributed by atoms with Gasteiger partial charge in [0.25, 0.3) is 0 Å². The van der Waals surface area contributed by atoms with Crippen LogP contribution in [0.5, 0.6) is 0 Å². The highest BCUT2D eigenvalue weighted by molar-refractivity contribution is 6.33. The van der Waals surface area contributed by atoms with Gasteiger partial charge in [0, 0.05) is 16.0 Å². The molecule has 3 aromatic rings. The number of para-hydroxylation sites is 1. The van der Waals surface area contributed by atoms with E-state index in [-0.39, 0.29) is 5.56 Å². The summed E-state index contributed by atoms with van der Waals surface area (Å²) >= 11 is 12.0. The summed E-state index contributed by atoms with van der Waals surface area (Å²) in [5, 5.41) is 10.8. The predicted molar refractivity (Wildman–Crippen MR) is 88.6 cm³/mol. The molecule has 0 amide bonds. The first kappa shape index (κ1) is 14.6. The second-order valence-corrected chi connectivity index (χ2v) is 5.57. The van der Waals surface area contributed by atoms with Crippen LogP contribution in [0.3, 0.4) is 0 Å². The Morgan fingerprint density at radius 1 is 1.14 bits per heavy atom. The zero-order chi connectivity index (χ0) is 15.9. The number of anilines is 1. The highest BCUT2D eigenvalue weighted by Crippen LogP contribution is 2.33. The number of pyridine rings is 1. The fraction of sp³-hybridized carbons (Fsp3) is 0. The molecule has 1 heterocycles. The van der Waals surface area contributed by atoms with E-state index < -0.39 is 5.97 Å². The predicted octanol–water partition coefficient (Wildman–Crippen LogP) is 4.49. The van der Waals surface area contributed by atoms with Crippen LogP contribution in [0.15, 0.2) is 42.5 Å². The number of nitrogen functional groups attached to an aromatic ring is 1. The van der Waals surface area contributed by atoms with Crippen LogP contribution in [0.25, 0.3) is 22.2 Å². The third kappa shape index (κ3) is 2.47. The van der Waals surface area contributed by atoms with Crippen LogP contribution in [-0.4, -0.2) is 16.1 Å². The summed E-state index contributed by atoms with van der Waals surface area (Å²) in [6.45, 7) is 0. The van der Waals surface area contributed by atoms with Crippen molar-refractivity contribution in [2.24, 2.45) is 0 Å². The molecule has 0 aliphatic carbocycles. The van der Waals surface area contributed by atoms with E-state index in [0.29, 0.717) is 37.9 Å². The monoisotopic (exact) mass is 332 g/mol. The Bertz CT molecular complexity index is 910. The normalized spacial score (nSPS) is 10.8. The van der Waals surface area contributed by atoms with Crippen LogP contribution >= 0.6 is 23.2 Å². The lowest BCUT2D eigenvalue weighted by molar-refractivity contribution is 0.0699. The molecule has 6 heteroatoms. The van der Waals surface area contributed by atoms with Crippen LogP contribution in [0, 0.1) is 0 Å². The van der Waals surface area contributed by atoms with Crippen LogP contribution < -0.4 is 5.73 Å². The van der Waals surface area contributed by atoms with E-state index in [2.05, 4.69) is 4.98 Å². The maximum atomic E-state index is 11.5. The molecule has 0 saturated carbocycles. The van der Waals surface area contributed by atoms with Gasteiger partial charge in [-0.15, -0.1) is 0 Å². The van der Waals surface area contributed by atoms with Crippen molar-refractivity contribution in [2.75, 3.05) is 5.73 Å². The number of aromatic carboxylic acids is 1. The molecule has 0 spiro atoms. The van der Waals surface area contributed by atoms with Crippen LogP contribution in [-0.2, 0) is 0 Å². The Morgan fingerprint density at radius 2 is 1.91 bits per heavy atom. The van der Waals surface area contributed by atoms with Crippen LogP contribution in [0.1, 0.15) is 10.4 Å². The van der Waals surface area contributed by atoms with Crippen molar-refractivity contribution in [3.63, 3.8) is 0 Å². The maximum Gasteiger partial charge on any atom is 0.336 e. The first-order valence-electron chi connectivity index (χ1n) is 6.35. The molecule has 0 bridgehead atoms. The zero-order valence-corrected chi connectivity index (χ0v) is 12.7. The van der Waals surface area contributed by atoms with E-state index in [1.807, 2.05) is 0 Å². The fourth-order valence-electron chi connectivity index (χ4n) is 2.28. The van der Waals surface area contributed by atoms with Crippen LogP contribution in [0.2, 0.25) is 10.0 Å². The van der Waals surface area contributed by atoms with Crippen molar-refractivity contribution in [2.45, 2.75) is 0 Å². The summed E-state index contributed by atoms with van der Waals surface area (Å²) < 4.78 is 0. The number of carbonyl (C=O) groups is 1. The average Bonchev–Trinajstić information content (AvgIpc) is 2.48. The van der Waals surface area contributed by atoms with E-state index in [1.165, 1.54) is 6.07 Å². The number of halogens is 2.